The van der Waals surface area contributed by atoms with Gasteiger partial charge in [-0.3, -0.25) is 4.79 Å². The molecule has 2 aliphatic carbocycles. The first-order valence-corrected chi connectivity index (χ1v) is 6.79. The van der Waals surface area contributed by atoms with Crippen LogP contribution < -0.4 is 10.9 Å². The summed E-state index contributed by atoms with van der Waals surface area (Å²) in [6, 6.07) is 3.89. The van der Waals surface area contributed by atoms with Crippen molar-refractivity contribution in [1.82, 2.24) is 10.3 Å². The highest BCUT2D eigenvalue weighted by Crippen LogP contribution is 2.45. The molecule has 18 heavy (non-hydrogen) atoms. The number of H-pyrrole nitrogens is 1. The molecule has 4 heteroatoms. The molecule has 4 nitrogen and oxygen atoms in total. The molecule has 2 aliphatic rings. The topological polar surface area (TPSA) is 65.1 Å². The van der Waals surface area contributed by atoms with E-state index in [1.165, 1.54) is 5.56 Å². The molecule has 1 unspecified atom stereocenters. The summed E-state index contributed by atoms with van der Waals surface area (Å²) >= 11 is 0. The van der Waals surface area contributed by atoms with Gasteiger partial charge in [0.2, 0.25) is 5.56 Å². The summed E-state index contributed by atoms with van der Waals surface area (Å²) in [5.74, 6) is 0. The Morgan fingerprint density at radius 3 is 3.00 bits per heavy atom. The number of aryl methyl sites for hydroxylation is 1. The van der Waals surface area contributed by atoms with E-state index < -0.39 is 0 Å². The van der Waals surface area contributed by atoms with Crippen molar-refractivity contribution < 1.29 is 5.11 Å². The number of aromatic nitrogens is 1. The van der Waals surface area contributed by atoms with Crippen LogP contribution in [0.25, 0.3) is 0 Å². The molecule has 1 saturated carbocycles. The first kappa shape index (κ1) is 11.9. The maximum Gasteiger partial charge on any atom is 0.248 e. The zero-order valence-electron chi connectivity index (χ0n) is 10.5. The van der Waals surface area contributed by atoms with Gasteiger partial charge in [-0.15, -0.1) is 0 Å². The van der Waals surface area contributed by atoms with Crippen LogP contribution in [-0.2, 0) is 6.42 Å². The van der Waals surface area contributed by atoms with Gasteiger partial charge >= 0.3 is 0 Å². The van der Waals surface area contributed by atoms with Gasteiger partial charge in [-0.25, -0.2) is 0 Å². The summed E-state index contributed by atoms with van der Waals surface area (Å²) in [5, 5.41) is 12.9. The Morgan fingerprint density at radius 2 is 2.28 bits per heavy atom. The van der Waals surface area contributed by atoms with Gasteiger partial charge in [0.25, 0.3) is 0 Å². The van der Waals surface area contributed by atoms with Gasteiger partial charge < -0.3 is 15.4 Å². The molecule has 0 bridgehead atoms. The fourth-order valence-electron chi connectivity index (χ4n) is 2.82. The number of aromatic amines is 1. The average Bonchev–Trinajstić information content (AvgIpc) is 3.16. The fourth-order valence-corrected chi connectivity index (χ4v) is 2.82. The third kappa shape index (κ3) is 2.22. The SMILES string of the molecule is O=c1ccc2c([nH]1)CCCC2NCC1(CO)CC1. The average molecular weight is 248 g/mol. The molecule has 3 rings (SSSR count). The van der Waals surface area contributed by atoms with Crippen LogP contribution in [0.5, 0.6) is 0 Å². The van der Waals surface area contributed by atoms with Crippen molar-refractivity contribution in [2.24, 2.45) is 5.41 Å². The maximum absolute atomic E-state index is 11.3. The van der Waals surface area contributed by atoms with Crippen molar-refractivity contribution in [1.29, 1.82) is 0 Å². The number of pyridine rings is 1. The van der Waals surface area contributed by atoms with E-state index in [0.717, 1.165) is 44.3 Å². The quantitative estimate of drug-likeness (QED) is 0.748. The van der Waals surface area contributed by atoms with Crippen molar-refractivity contribution in [3.05, 3.63) is 33.7 Å². The Bertz CT molecular complexity index is 491. The van der Waals surface area contributed by atoms with Crippen LogP contribution in [-0.4, -0.2) is 23.2 Å². The van der Waals surface area contributed by atoms with Crippen molar-refractivity contribution in [3.8, 4) is 0 Å². The third-order valence-electron chi connectivity index (χ3n) is 4.35. The number of fused-ring (bicyclic) bond motifs is 1. The van der Waals surface area contributed by atoms with Crippen LogP contribution in [0.15, 0.2) is 16.9 Å². The van der Waals surface area contributed by atoms with Crippen LogP contribution in [0.2, 0.25) is 0 Å². The predicted octanol–water partition coefficient (Wildman–Crippen LogP) is 1.11. The maximum atomic E-state index is 11.3. The van der Waals surface area contributed by atoms with E-state index in [9.17, 15) is 9.90 Å². The molecular formula is C14H20N2O2. The third-order valence-corrected chi connectivity index (χ3v) is 4.35. The molecule has 0 amide bonds. The highest BCUT2D eigenvalue weighted by Gasteiger charge is 2.42. The summed E-state index contributed by atoms with van der Waals surface area (Å²) in [4.78, 5) is 14.3. The van der Waals surface area contributed by atoms with Crippen molar-refractivity contribution in [2.75, 3.05) is 13.2 Å². The van der Waals surface area contributed by atoms with Gasteiger partial charge in [0.05, 0.1) is 0 Å². The van der Waals surface area contributed by atoms with Crippen molar-refractivity contribution in [3.63, 3.8) is 0 Å². The second-order valence-corrected chi connectivity index (χ2v) is 5.74. The lowest BCUT2D eigenvalue weighted by Gasteiger charge is -2.27. The van der Waals surface area contributed by atoms with Crippen molar-refractivity contribution >= 4 is 0 Å². The number of nitrogens with one attached hydrogen (secondary N) is 2. The molecule has 1 atom stereocenters. The van der Waals surface area contributed by atoms with E-state index >= 15 is 0 Å². The Morgan fingerprint density at radius 1 is 1.44 bits per heavy atom. The van der Waals surface area contributed by atoms with Gasteiger partial charge in [0.15, 0.2) is 0 Å². The number of hydrogen-bond acceptors (Lipinski definition) is 3. The van der Waals surface area contributed by atoms with E-state index in [0.29, 0.717) is 6.04 Å². The van der Waals surface area contributed by atoms with Crippen LogP contribution >= 0.6 is 0 Å². The molecule has 0 spiro atoms. The monoisotopic (exact) mass is 248 g/mol. The minimum Gasteiger partial charge on any atom is -0.396 e. The number of aliphatic hydroxyl groups is 1. The van der Waals surface area contributed by atoms with Crippen LogP contribution in [0, 0.1) is 5.41 Å². The van der Waals surface area contributed by atoms with Gasteiger partial charge in [-0.1, -0.05) is 6.07 Å². The fraction of sp³-hybridized carbons (Fsp3) is 0.643. The van der Waals surface area contributed by atoms with E-state index in [1.54, 1.807) is 6.07 Å². The standard InChI is InChI=1S/C14H20N2O2/c17-9-14(6-7-14)8-15-11-2-1-3-12-10(11)4-5-13(18)16-12/h4-5,11,15,17H,1-3,6-9H2,(H,16,18). The molecule has 1 aromatic rings. The van der Waals surface area contributed by atoms with Gasteiger partial charge in [0.1, 0.15) is 0 Å². The Hall–Kier alpha value is -1.13. The predicted molar refractivity (Wildman–Crippen MR) is 69.5 cm³/mol. The number of hydrogen-bond donors (Lipinski definition) is 3. The summed E-state index contributed by atoms with van der Waals surface area (Å²) < 4.78 is 0. The summed E-state index contributed by atoms with van der Waals surface area (Å²) in [7, 11) is 0. The van der Waals surface area contributed by atoms with Crippen LogP contribution in [0.3, 0.4) is 0 Å². The van der Waals surface area contributed by atoms with Crippen molar-refractivity contribution in [2.45, 2.75) is 38.1 Å². The van der Waals surface area contributed by atoms with Gasteiger partial charge in [-0.2, -0.15) is 0 Å². The van der Waals surface area contributed by atoms with Crippen LogP contribution in [0.1, 0.15) is 43.0 Å². The summed E-state index contributed by atoms with van der Waals surface area (Å²) in [6.45, 7) is 1.16. The molecule has 98 valence electrons. The van der Waals surface area contributed by atoms with E-state index in [4.69, 9.17) is 0 Å². The first-order valence-electron chi connectivity index (χ1n) is 6.79. The minimum atomic E-state index is -0.0107. The lowest BCUT2D eigenvalue weighted by atomic mass is 9.91. The van der Waals surface area contributed by atoms with E-state index in [2.05, 4.69) is 10.3 Å². The van der Waals surface area contributed by atoms with Gasteiger partial charge in [0, 0.05) is 36.4 Å². The highest BCUT2D eigenvalue weighted by molar-refractivity contribution is 5.26. The molecule has 3 N–H and O–H groups in total. The Balaban J connectivity index is 1.73. The Labute approximate surface area is 106 Å². The second-order valence-electron chi connectivity index (χ2n) is 5.74. The summed E-state index contributed by atoms with van der Waals surface area (Å²) in [6.07, 6.45) is 5.44. The molecule has 0 aliphatic heterocycles. The molecule has 1 aromatic heterocycles. The largest absolute Gasteiger partial charge is 0.396 e. The molecule has 1 fully saturated rings. The Kier molecular flexibility index (Phi) is 2.99. The molecular weight excluding hydrogens is 228 g/mol. The summed E-state index contributed by atoms with van der Waals surface area (Å²) in [5.41, 5.74) is 2.44. The lowest BCUT2D eigenvalue weighted by molar-refractivity contribution is 0.202. The molecule has 0 aromatic carbocycles. The molecule has 1 heterocycles. The number of aliphatic hydroxyl groups excluding tert-OH is 1. The first-order chi connectivity index (χ1) is 8.72. The highest BCUT2D eigenvalue weighted by atomic mass is 16.3. The molecule has 0 radical (unpaired) electrons. The van der Waals surface area contributed by atoms with Gasteiger partial charge in [-0.05, 0) is 37.7 Å². The smallest absolute Gasteiger partial charge is 0.248 e. The zero-order valence-corrected chi connectivity index (χ0v) is 10.5. The second kappa shape index (κ2) is 4.52. The van der Waals surface area contributed by atoms with E-state index in [1.807, 2.05) is 6.07 Å². The van der Waals surface area contributed by atoms with E-state index in [-0.39, 0.29) is 17.6 Å². The minimum absolute atomic E-state index is 0.0107. The zero-order chi connectivity index (χ0) is 12.6. The lowest BCUT2D eigenvalue weighted by Crippen LogP contribution is -2.33. The normalized spacial score (nSPS) is 24.6. The molecule has 0 saturated heterocycles. The van der Waals surface area contributed by atoms with Crippen LogP contribution in [0.4, 0.5) is 0 Å². The number of rotatable bonds is 4.